The summed E-state index contributed by atoms with van der Waals surface area (Å²) < 4.78 is 43.4. The number of hydrogen-bond acceptors (Lipinski definition) is 4. The van der Waals surface area contributed by atoms with Gasteiger partial charge in [0, 0.05) is 31.2 Å². The number of nitrogens with one attached hydrogen (secondary N) is 1. The number of nitrogens with zero attached hydrogens (tertiary/aromatic N) is 4. The Morgan fingerprint density at radius 2 is 1.74 bits per heavy atom. The van der Waals surface area contributed by atoms with Crippen molar-refractivity contribution in [1.29, 1.82) is 0 Å². The van der Waals surface area contributed by atoms with Crippen molar-refractivity contribution in [3.8, 4) is 5.69 Å². The first-order chi connectivity index (χ1) is 16.2. The molecule has 0 fully saturated rings. The van der Waals surface area contributed by atoms with Gasteiger partial charge in [-0.2, -0.15) is 18.3 Å². The highest BCUT2D eigenvalue weighted by Gasteiger charge is 2.34. The van der Waals surface area contributed by atoms with Crippen LogP contribution in [0.1, 0.15) is 39.2 Å². The van der Waals surface area contributed by atoms with Gasteiger partial charge in [0.2, 0.25) is 5.43 Å². The number of amides is 1. The number of carbonyl (C=O) groups excluding carboxylic acids is 1. The minimum Gasteiger partial charge on any atom is -0.336 e. The van der Waals surface area contributed by atoms with Crippen LogP contribution >= 0.6 is 0 Å². The molecule has 0 bridgehead atoms. The zero-order chi connectivity index (χ0) is 24.5. The van der Waals surface area contributed by atoms with Gasteiger partial charge in [0.1, 0.15) is 11.9 Å². The van der Waals surface area contributed by atoms with Crippen molar-refractivity contribution in [2.24, 2.45) is 7.05 Å². The van der Waals surface area contributed by atoms with E-state index in [9.17, 15) is 22.8 Å². The summed E-state index contributed by atoms with van der Waals surface area (Å²) in [5, 5.41) is 6.79. The van der Waals surface area contributed by atoms with Crippen LogP contribution in [0.15, 0.2) is 77.9 Å². The summed E-state index contributed by atoms with van der Waals surface area (Å²) in [4.78, 5) is 30.1. The number of para-hydroxylation sites is 1. The molecule has 10 heteroatoms. The lowest BCUT2D eigenvalue weighted by Crippen LogP contribution is -2.36. The number of aryl methyl sites for hydroxylation is 2. The highest BCUT2D eigenvalue weighted by atomic mass is 19.4. The van der Waals surface area contributed by atoms with Crippen LogP contribution in [0, 0.1) is 6.92 Å². The van der Waals surface area contributed by atoms with Crippen molar-refractivity contribution in [2.75, 3.05) is 0 Å². The largest absolute Gasteiger partial charge is 0.418 e. The van der Waals surface area contributed by atoms with Crippen LogP contribution in [0.4, 0.5) is 13.2 Å². The van der Waals surface area contributed by atoms with Crippen LogP contribution in [0.2, 0.25) is 0 Å². The minimum atomic E-state index is -4.65. The molecule has 2 aromatic carbocycles. The fraction of sp³-hybridized carbons (Fsp3) is 0.167. The van der Waals surface area contributed by atoms with Crippen molar-refractivity contribution in [3.63, 3.8) is 0 Å². The number of hydrogen-bond donors (Lipinski definition) is 1. The molecule has 1 atom stereocenters. The lowest BCUT2D eigenvalue weighted by Gasteiger charge is -2.20. The van der Waals surface area contributed by atoms with Crippen molar-refractivity contribution in [1.82, 2.24) is 24.6 Å². The van der Waals surface area contributed by atoms with Gasteiger partial charge in [0.15, 0.2) is 5.69 Å². The number of rotatable bonds is 5. The molecule has 0 spiro atoms. The molecule has 0 aliphatic carbocycles. The average molecular weight is 467 g/mol. The Hall–Kier alpha value is -4.21. The van der Waals surface area contributed by atoms with E-state index in [-0.39, 0.29) is 11.4 Å². The fourth-order valence-electron chi connectivity index (χ4n) is 3.64. The molecule has 2 heterocycles. The molecule has 4 aromatic rings. The Balaban J connectivity index is 1.78. The first-order valence-corrected chi connectivity index (χ1v) is 10.3. The van der Waals surface area contributed by atoms with Crippen LogP contribution in [-0.2, 0) is 13.2 Å². The van der Waals surface area contributed by atoms with Crippen LogP contribution in [0.5, 0.6) is 0 Å². The maximum Gasteiger partial charge on any atom is 0.418 e. The highest BCUT2D eigenvalue weighted by Crippen LogP contribution is 2.33. The molecule has 4 rings (SSSR count). The van der Waals surface area contributed by atoms with Gasteiger partial charge in [-0.3, -0.25) is 9.59 Å². The zero-order valence-electron chi connectivity index (χ0n) is 18.2. The average Bonchev–Trinajstić information content (AvgIpc) is 3.23. The van der Waals surface area contributed by atoms with E-state index in [2.05, 4.69) is 15.4 Å². The summed E-state index contributed by atoms with van der Waals surface area (Å²) >= 11 is 0. The Labute approximate surface area is 192 Å². The maximum atomic E-state index is 13.6. The Morgan fingerprint density at radius 1 is 1.06 bits per heavy atom. The standard InChI is InChI=1S/C24H20F3N5O2/c1-15-14-19(33)21(30-32(15)18-11-7-6-10-17(18)24(25,26)27)23(34)29-20(16-8-4-3-5-9-16)22-28-12-13-31(22)2/h3-14,20H,1-2H3,(H,29,34). The van der Waals surface area contributed by atoms with Crippen molar-refractivity contribution < 1.29 is 18.0 Å². The third kappa shape index (κ3) is 4.47. The van der Waals surface area contributed by atoms with E-state index in [4.69, 9.17) is 0 Å². The van der Waals surface area contributed by atoms with Crippen molar-refractivity contribution in [3.05, 3.63) is 112 Å². The highest BCUT2D eigenvalue weighted by molar-refractivity contribution is 5.92. The van der Waals surface area contributed by atoms with Gasteiger partial charge in [0.05, 0.1) is 11.3 Å². The Kier molecular flexibility index (Phi) is 6.06. The van der Waals surface area contributed by atoms with Crippen LogP contribution in [0.3, 0.4) is 0 Å². The Bertz CT molecular complexity index is 1390. The molecule has 0 aliphatic rings. The van der Waals surface area contributed by atoms with Crippen molar-refractivity contribution in [2.45, 2.75) is 19.1 Å². The molecule has 0 aliphatic heterocycles. The van der Waals surface area contributed by atoms with E-state index in [1.165, 1.54) is 25.1 Å². The lowest BCUT2D eigenvalue weighted by molar-refractivity contribution is -0.137. The predicted octanol–water partition coefficient (Wildman–Crippen LogP) is 3.81. The number of halogens is 3. The van der Waals surface area contributed by atoms with Crippen LogP contribution < -0.4 is 10.7 Å². The molecule has 7 nitrogen and oxygen atoms in total. The molecular weight excluding hydrogens is 447 g/mol. The molecule has 1 amide bonds. The molecule has 1 unspecified atom stereocenters. The minimum absolute atomic E-state index is 0.155. The van der Waals surface area contributed by atoms with Gasteiger partial charge in [-0.15, -0.1) is 0 Å². The zero-order valence-corrected chi connectivity index (χ0v) is 18.2. The van der Waals surface area contributed by atoms with Gasteiger partial charge in [-0.25, -0.2) is 9.67 Å². The number of benzene rings is 2. The number of carbonyl (C=O) groups is 1. The number of aromatic nitrogens is 4. The van der Waals surface area contributed by atoms with E-state index in [1.54, 1.807) is 48.3 Å². The predicted molar refractivity (Wildman–Crippen MR) is 119 cm³/mol. The Morgan fingerprint density at radius 3 is 2.38 bits per heavy atom. The molecule has 2 aromatic heterocycles. The molecule has 0 radical (unpaired) electrons. The van der Waals surface area contributed by atoms with Gasteiger partial charge < -0.3 is 9.88 Å². The second-order valence-corrected chi connectivity index (χ2v) is 7.64. The molecule has 0 saturated carbocycles. The maximum absolute atomic E-state index is 13.6. The third-order valence-electron chi connectivity index (χ3n) is 5.29. The fourth-order valence-corrected chi connectivity index (χ4v) is 3.64. The quantitative estimate of drug-likeness (QED) is 0.484. The van der Waals surface area contributed by atoms with Gasteiger partial charge in [-0.1, -0.05) is 42.5 Å². The molecule has 1 N–H and O–H groups in total. The van der Waals surface area contributed by atoms with Gasteiger partial charge in [0.25, 0.3) is 5.91 Å². The molecular formula is C24H20F3N5O2. The topological polar surface area (TPSA) is 81.8 Å². The summed E-state index contributed by atoms with van der Waals surface area (Å²) in [5.74, 6) is -0.325. The van der Waals surface area contributed by atoms with E-state index in [1.807, 2.05) is 6.07 Å². The van der Waals surface area contributed by atoms with E-state index in [0.717, 1.165) is 16.8 Å². The van der Waals surface area contributed by atoms with Gasteiger partial charge >= 0.3 is 6.18 Å². The summed E-state index contributed by atoms with van der Waals surface area (Å²) in [6.45, 7) is 1.45. The van der Waals surface area contributed by atoms with E-state index < -0.39 is 34.8 Å². The monoisotopic (exact) mass is 467 g/mol. The van der Waals surface area contributed by atoms with E-state index in [0.29, 0.717) is 11.4 Å². The molecule has 174 valence electrons. The summed E-state index contributed by atoms with van der Waals surface area (Å²) in [5.41, 5.74) is -1.59. The SMILES string of the molecule is Cc1cc(=O)c(C(=O)NC(c2ccccc2)c2nccn2C)nn1-c1ccccc1C(F)(F)F. The lowest BCUT2D eigenvalue weighted by atomic mass is 10.1. The summed E-state index contributed by atoms with van der Waals surface area (Å²) in [6, 6.07) is 14.2. The normalized spacial score (nSPS) is 12.4. The number of imidazole rings is 1. The van der Waals surface area contributed by atoms with Crippen LogP contribution in [-0.4, -0.2) is 25.2 Å². The van der Waals surface area contributed by atoms with E-state index >= 15 is 0 Å². The number of alkyl halides is 3. The smallest absolute Gasteiger partial charge is 0.336 e. The van der Waals surface area contributed by atoms with Crippen molar-refractivity contribution >= 4 is 5.91 Å². The second-order valence-electron chi connectivity index (χ2n) is 7.64. The first kappa shape index (κ1) is 23.0. The summed E-state index contributed by atoms with van der Waals surface area (Å²) in [6.07, 6.45) is -1.36. The third-order valence-corrected chi connectivity index (χ3v) is 5.29. The van der Waals surface area contributed by atoms with Crippen LogP contribution in [0.25, 0.3) is 5.69 Å². The molecule has 34 heavy (non-hydrogen) atoms. The molecule has 0 saturated heterocycles. The second kappa shape index (κ2) is 8.97. The van der Waals surface area contributed by atoms with Gasteiger partial charge in [-0.05, 0) is 24.6 Å². The summed E-state index contributed by atoms with van der Waals surface area (Å²) in [7, 11) is 1.76. The first-order valence-electron chi connectivity index (χ1n) is 10.3.